The van der Waals surface area contributed by atoms with Gasteiger partial charge in [0.15, 0.2) is 0 Å². The number of likely N-dealkylation sites (tertiary alicyclic amines) is 1. The Morgan fingerprint density at radius 2 is 2.44 bits per heavy atom. The summed E-state index contributed by atoms with van der Waals surface area (Å²) in [7, 11) is 0. The molecule has 0 aromatic carbocycles. The van der Waals surface area contributed by atoms with Crippen LogP contribution in [0.4, 0.5) is 0 Å². The molecule has 0 aromatic rings. The van der Waals surface area contributed by atoms with Gasteiger partial charge < -0.3 is 21.1 Å². The molecule has 4 N–H and O–H groups in total. The third kappa shape index (κ3) is 1.26. The lowest BCUT2D eigenvalue weighted by atomic mass is 9.81. The van der Waals surface area contributed by atoms with Gasteiger partial charge in [0.25, 0.3) is 0 Å². The maximum atomic E-state index is 12.0. The van der Waals surface area contributed by atoms with E-state index < -0.39 is 23.6 Å². The van der Waals surface area contributed by atoms with Gasteiger partial charge >= 0.3 is 0 Å². The molecule has 2 rings (SSSR count). The zero-order chi connectivity index (χ0) is 12.0. The van der Waals surface area contributed by atoms with E-state index in [-0.39, 0.29) is 5.91 Å². The van der Waals surface area contributed by atoms with Crippen molar-refractivity contribution in [3.8, 4) is 0 Å². The molecule has 1 spiro atoms. The number of carbonyl (C=O) groups is 2. The average molecular weight is 227 g/mol. The molecule has 2 fully saturated rings. The van der Waals surface area contributed by atoms with Gasteiger partial charge in [0.05, 0.1) is 6.61 Å². The van der Waals surface area contributed by atoms with Gasteiger partial charge in [-0.05, 0) is 26.3 Å². The third-order valence-electron chi connectivity index (χ3n) is 3.76. The molecule has 90 valence electrons. The van der Waals surface area contributed by atoms with Gasteiger partial charge in [-0.1, -0.05) is 0 Å². The molecule has 0 aliphatic carbocycles. The number of nitrogens with one attached hydrogen (secondary N) is 1. The number of aliphatic hydroxyl groups excluding tert-OH is 1. The number of hydrogen-bond donors (Lipinski definition) is 3. The Balaban J connectivity index is 2.15. The summed E-state index contributed by atoms with van der Waals surface area (Å²) in [6, 6.07) is 0. The van der Waals surface area contributed by atoms with E-state index in [1.54, 1.807) is 0 Å². The maximum Gasteiger partial charge on any atom is 0.245 e. The quantitative estimate of drug-likeness (QED) is 0.495. The molecular weight excluding hydrogens is 210 g/mol. The van der Waals surface area contributed by atoms with Crippen LogP contribution >= 0.6 is 0 Å². The van der Waals surface area contributed by atoms with Crippen molar-refractivity contribution in [2.75, 3.05) is 19.7 Å². The fraction of sp³-hybridized carbons (Fsp3) is 0.800. The number of aliphatic hydroxyl groups is 1. The molecule has 16 heavy (non-hydrogen) atoms. The number of rotatable bonds is 3. The normalized spacial score (nSPS) is 32.6. The van der Waals surface area contributed by atoms with E-state index in [4.69, 9.17) is 5.73 Å². The Hall–Kier alpha value is -1.14. The lowest BCUT2D eigenvalue weighted by Crippen LogP contribution is -2.78. The summed E-state index contributed by atoms with van der Waals surface area (Å²) in [5.74, 6) is -0.795. The van der Waals surface area contributed by atoms with Crippen molar-refractivity contribution >= 4 is 11.8 Å². The van der Waals surface area contributed by atoms with Gasteiger partial charge in [0, 0.05) is 6.54 Å². The first-order chi connectivity index (χ1) is 7.46. The molecule has 2 aliphatic heterocycles. The SMILES string of the molecule is C[C@@](CO)(C(N)=O)N1CC2(CCCN2)C1=O. The van der Waals surface area contributed by atoms with Crippen molar-refractivity contribution in [3.05, 3.63) is 0 Å². The molecule has 0 bridgehead atoms. The minimum absolute atomic E-state index is 0.125. The van der Waals surface area contributed by atoms with Crippen LogP contribution < -0.4 is 11.1 Å². The standard InChI is InChI=1S/C10H17N3O3/c1-9(6-14,7(11)15)13-5-10(8(13)16)3-2-4-12-10/h12,14H,2-6H2,1H3,(H2,11,15)/t9-,10?/m1/s1. The number of amides is 2. The van der Waals surface area contributed by atoms with Gasteiger partial charge in [-0.2, -0.15) is 0 Å². The summed E-state index contributed by atoms with van der Waals surface area (Å²) in [6.07, 6.45) is 1.76. The van der Waals surface area contributed by atoms with E-state index in [0.717, 1.165) is 19.4 Å². The molecule has 2 aliphatic rings. The van der Waals surface area contributed by atoms with Crippen LogP contribution in [-0.2, 0) is 9.59 Å². The lowest BCUT2D eigenvalue weighted by Gasteiger charge is -2.53. The second-order valence-corrected chi connectivity index (χ2v) is 4.80. The lowest BCUT2D eigenvalue weighted by molar-refractivity contribution is -0.169. The van der Waals surface area contributed by atoms with Crippen molar-refractivity contribution in [1.29, 1.82) is 0 Å². The summed E-state index contributed by atoms with van der Waals surface area (Å²) in [6.45, 7) is 2.33. The van der Waals surface area contributed by atoms with Crippen LogP contribution in [-0.4, -0.2) is 52.6 Å². The van der Waals surface area contributed by atoms with E-state index in [1.165, 1.54) is 11.8 Å². The van der Waals surface area contributed by atoms with Crippen molar-refractivity contribution < 1.29 is 14.7 Å². The Labute approximate surface area is 93.8 Å². The summed E-state index contributed by atoms with van der Waals surface area (Å²) in [5, 5.41) is 12.4. The van der Waals surface area contributed by atoms with E-state index in [9.17, 15) is 14.7 Å². The topological polar surface area (TPSA) is 95.7 Å². The molecule has 0 saturated carbocycles. The van der Waals surface area contributed by atoms with Gasteiger partial charge in [0.2, 0.25) is 11.8 Å². The maximum absolute atomic E-state index is 12.0. The Morgan fingerprint density at radius 1 is 1.75 bits per heavy atom. The first-order valence-corrected chi connectivity index (χ1v) is 5.44. The summed E-state index contributed by atoms with van der Waals surface area (Å²) in [5.41, 5.74) is 3.46. The Morgan fingerprint density at radius 3 is 2.81 bits per heavy atom. The average Bonchev–Trinajstić information content (AvgIpc) is 2.75. The second kappa shape index (κ2) is 3.43. The van der Waals surface area contributed by atoms with Gasteiger partial charge in [0.1, 0.15) is 11.1 Å². The zero-order valence-electron chi connectivity index (χ0n) is 9.32. The van der Waals surface area contributed by atoms with Gasteiger partial charge in [-0.3, -0.25) is 9.59 Å². The molecule has 2 heterocycles. The second-order valence-electron chi connectivity index (χ2n) is 4.80. The van der Waals surface area contributed by atoms with Crippen molar-refractivity contribution in [1.82, 2.24) is 10.2 Å². The molecule has 0 aromatic heterocycles. The minimum Gasteiger partial charge on any atom is -0.393 e. The number of primary amides is 1. The third-order valence-corrected chi connectivity index (χ3v) is 3.76. The first kappa shape index (κ1) is 11.3. The highest BCUT2D eigenvalue weighted by atomic mass is 16.3. The molecule has 0 radical (unpaired) electrons. The molecule has 6 heteroatoms. The highest BCUT2D eigenvalue weighted by Gasteiger charge is 2.59. The fourth-order valence-corrected chi connectivity index (χ4v) is 2.40. The van der Waals surface area contributed by atoms with Crippen molar-refractivity contribution in [3.63, 3.8) is 0 Å². The number of nitrogens with two attached hydrogens (primary N) is 1. The molecular formula is C10H17N3O3. The van der Waals surface area contributed by atoms with Crippen LogP contribution in [0.25, 0.3) is 0 Å². The minimum atomic E-state index is -1.27. The molecule has 1 unspecified atom stereocenters. The predicted molar refractivity (Wildman–Crippen MR) is 56.4 cm³/mol. The van der Waals surface area contributed by atoms with Crippen LogP contribution in [0, 0.1) is 0 Å². The van der Waals surface area contributed by atoms with Gasteiger partial charge in [-0.25, -0.2) is 0 Å². The smallest absolute Gasteiger partial charge is 0.245 e. The van der Waals surface area contributed by atoms with E-state index in [2.05, 4.69) is 5.32 Å². The molecule has 2 amide bonds. The first-order valence-electron chi connectivity index (χ1n) is 5.44. The van der Waals surface area contributed by atoms with E-state index in [0.29, 0.717) is 6.54 Å². The van der Waals surface area contributed by atoms with Gasteiger partial charge in [-0.15, -0.1) is 0 Å². The number of carbonyl (C=O) groups excluding carboxylic acids is 2. The predicted octanol–water partition coefficient (Wildman–Crippen LogP) is -1.81. The van der Waals surface area contributed by atoms with Crippen LogP contribution in [0.5, 0.6) is 0 Å². The molecule has 2 atom stereocenters. The number of nitrogens with zero attached hydrogens (tertiary/aromatic N) is 1. The fourth-order valence-electron chi connectivity index (χ4n) is 2.40. The van der Waals surface area contributed by atoms with E-state index in [1.807, 2.05) is 0 Å². The van der Waals surface area contributed by atoms with Crippen LogP contribution in [0.2, 0.25) is 0 Å². The van der Waals surface area contributed by atoms with Crippen LogP contribution in [0.15, 0.2) is 0 Å². The Bertz CT molecular complexity index is 338. The zero-order valence-corrected chi connectivity index (χ0v) is 9.32. The van der Waals surface area contributed by atoms with Crippen LogP contribution in [0.3, 0.4) is 0 Å². The molecule has 2 saturated heterocycles. The summed E-state index contributed by atoms with van der Waals surface area (Å²) in [4.78, 5) is 24.7. The van der Waals surface area contributed by atoms with Crippen molar-refractivity contribution in [2.24, 2.45) is 5.73 Å². The monoisotopic (exact) mass is 227 g/mol. The summed E-state index contributed by atoms with van der Waals surface area (Å²) < 4.78 is 0. The molecule has 6 nitrogen and oxygen atoms in total. The number of β-lactam (4-membered cyclic amide) rings is 1. The largest absolute Gasteiger partial charge is 0.393 e. The number of hydrogen-bond acceptors (Lipinski definition) is 4. The summed E-state index contributed by atoms with van der Waals surface area (Å²) >= 11 is 0. The highest BCUT2D eigenvalue weighted by molar-refractivity contribution is 5.99. The highest BCUT2D eigenvalue weighted by Crippen LogP contribution is 2.36. The van der Waals surface area contributed by atoms with Crippen molar-refractivity contribution in [2.45, 2.75) is 30.8 Å². The van der Waals surface area contributed by atoms with E-state index >= 15 is 0 Å². The van der Waals surface area contributed by atoms with Crippen LogP contribution in [0.1, 0.15) is 19.8 Å². The Kier molecular flexibility index (Phi) is 2.43.